The van der Waals surface area contributed by atoms with Crippen LogP contribution in [-0.2, 0) is 9.53 Å². The number of hydrogen-bond acceptors (Lipinski definition) is 4. The molecule has 5 heteroatoms. The summed E-state index contributed by atoms with van der Waals surface area (Å²) in [5.41, 5.74) is 0.154. The molecule has 1 saturated carbocycles. The van der Waals surface area contributed by atoms with Crippen molar-refractivity contribution in [3.8, 4) is 5.75 Å². The molecular weight excluding hydrogens is 364 g/mol. The first-order chi connectivity index (χ1) is 14.0. The van der Waals surface area contributed by atoms with E-state index in [2.05, 4.69) is 31.0 Å². The van der Waals surface area contributed by atoms with E-state index in [0.29, 0.717) is 13.2 Å². The van der Waals surface area contributed by atoms with Gasteiger partial charge < -0.3 is 14.8 Å². The van der Waals surface area contributed by atoms with Crippen LogP contribution in [0.15, 0.2) is 24.3 Å². The zero-order chi connectivity index (χ0) is 20.7. The minimum Gasteiger partial charge on any atom is -0.492 e. The van der Waals surface area contributed by atoms with Crippen LogP contribution in [0.2, 0.25) is 0 Å². The molecule has 1 N–H and O–H groups in total. The summed E-state index contributed by atoms with van der Waals surface area (Å²) in [7, 11) is 0. The molecule has 29 heavy (non-hydrogen) atoms. The van der Waals surface area contributed by atoms with E-state index in [1.807, 2.05) is 24.3 Å². The maximum absolute atomic E-state index is 12.9. The summed E-state index contributed by atoms with van der Waals surface area (Å²) in [6.07, 6.45) is 5.99. The Balaban J connectivity index is 1.46. The van der Waals surface area contributed by atoms with E-state index in [1.165, 1.54) is 19.5 Å². The minimum absolute atomic E-state index is 0.00884. The van der Waals surface area contributed by atoms with E-state index in [1.54, 1.807) is 0 Å². The van der Waals surface area contributed by atoms with Crippen molar-refractivity contribution in [3.05, 3.63) is 24.3 Å². The number of ether oxygens (including phenoxy) is 2. The van der Waals surface area contributed by atoms with Crippen LogP contribution in [0.3, 0.4) is 0 Å². The smallest absolute Gasteiger partial charge is 0.256 e. The van der Waals surface area contributed by atoms with Crippen LogP contribution in [0.1, 0.15) is 59.3 Å². The van der Waals surface area contributed by atoms with Crippen LogP contribution < -0.4 is 10.1 Å². The first-order valence-corrected chi connectivity index (χ1v) is 11.4. The fraction of sp³-hybridized carbons (Fsp3) is 0.708. The summed E-state index contributed by atoms with van der Waals surface area (Å²) in [6, 6.07) is 7.71. The summed E-state index contributed by atoms with van der Waals surface area (Å²) in [6.45, 7) is 11.4. The molecule has 1 aromatic carbocycles. The van der Waals surface area contributed by atoms with Crippen LogP contribution in [0.25, 0.3) is 0 Å². The van der Waals surface area contributed by atoms with E-state index in [-0.39, 0.29) is 5.91 Å². The SMILES string of the molecule is CCCOC1(C(=O)Nc2ccc(OCCN3CC(C)CC(C)C3)cc2)CCCC1. The fourth-order valence-corrected chi connectivity index (χ4v) is 4.83. The average molecular weight is 403 g/mol. The number of nitrogens with zero attached hydrogens (tertiary/aromatic N) is 1. The Kier molecular flexibility index (Phi) is 7.96. The average Bonchev–Trinajstić information content (AvgIpc) is 3.17. The highest BCUT2D eigenvalue weighted by Crippen LogP contribution is 2.34. The molecule has 2 atom stereocenters. The van der Waals surface area contributed by atoms with E-state index in [9.17, 15) is 4.79 Å². The second kappa shape index (κ2) is 10.4. The Labute approximate surface area is 176 Å². The highest BCUT2D eigenvalue weighted by molar-refractivity contribution is 5.97. The van der Waals surface area contributed by atoms with Gasteiger partial charge in [0.1, 0.15) is 18.0 Å². The highest BCUT2D eigenvalue weighted by Gasteiger charge is 2.42. The van der Waals surface area contributed by atoms with Gasteiger partial charge in [-0.15, -0.1) is 0 Å². The Morgan fingerprint density at radius 3 is 2.38 bits per heavy atom. The van der Waals surface area contributed by atoms with E-state index >= 15 is 0 Å². The normalized spacial score (nSPS) is 24.4. The number of anilines is 1. The molecular formula is C24H38N2O3. The fourth-order valence-electron chi connectivity index (χ4n) is 4.83. The third-order valence-corrected chi connectivity index (χ3v) is 6.14. The van der Waals surface area contributed by atoms with Gasteiger partial charge in [0, 0.05) is 31.9 Å². The Bertz CT molecular complexity index is 630. The van der Waals surface area contributed by atoms with Gasteiger partial charge in [-0.1, -0.05) is 20.8 Å². The maximum Gasteiger partial charge on any atom is 0.256 e. The lowest BCUT2D eigenvalue weighted by molar-refractivity contribution is -0.140. The molecule has 1 amide bonds. The topological polar surface area (TPSA) is 50.8 Å². The molecule has 1 aliphatic carbocycles. The van der Waals surface area contributed by atoms with Crippen molar-refractivity contribution in [3.63, 3.8) is 0 Å². The number of benzene rings is 1. The van der Waals surface area contributed by atoms with Gasteiger partial charge in [0.2, 0.25) is 0 Å². The van der Waals surface area contributed by atoms with Gasteiger partial charge >= 0.3 is 0 Å². The number of hydrogen-bond donors (Lipinski definition) is 1. The van der Waals surface area contributed by atoms with Crippen molar-refractivity contribution in [2.75, 3.05) is 38.2 Å². The molecule has 1 aromatic rings. The quantitative estimate of drug-likeness (QED) is 0.649. The van der Waals surface area contributed by atoms with Gasteiger partial charge in [-0.2, -0.15) is 0 Å². The predicted octanol–water partition coefficient (Wildman–Crippen LogP) is 4.72. The zero-order valence-electron chi connectivity index (χ0n) is 18.4. The van der Waals surface area contributed by atoms with Crippen molar-refractivity contribution < 1.29 is 14.3 Å². The summed E-state index contributed by atoms with van der Waals surface area (Å²) in [5, 5.41) is 3.05. The van der Waals surface area contributed by atoms with Gasteiger partial charge in [0.05, 0.1) is 0 Å². The first kappa shape index (κ1) is 22.1. The van der Waals surface area contributed by atoms with Gasteiger partial charge in [0.15, 0.2) is 0 Å². The molecule has 0 spiro atoms. The molecule has 0 aromatic heterocycles. The minimum atomic E-state index is -0.645. The van der Waals surface area contributed by atoms with E-state index in [0.717, 1.165) is 61.9 Å². The number of nitrogens with one attached hydrogen (secondary N) is 1. The molecule has 162 valence electrons. The largest absolute Gasteiger partial charge is 0.492 e. The number of carbonyl (C=O) groups excluding carboxylic acids is 1. The van der Waals surface area contributed by atoms with Crippen LogP contribution in [0, 0.1) is 11.8 Å². The second-order valence-electron chi connectivity index (χ2n) is 9.08. The molecule has 2 unspecified atom stereocenters. The molecule has 3 rings (SSSR count). The van der Waals surface area contributed by atoms with Crippen molar-refractivity contribution in [2.45, 2.75) is 64.9 Å². The predicted molar refractivity (Wildman–Crippen MR) is 117 cm³/mol. The number of piperidine rings is 1. The molecule has 5 nitrogen and oxygen atoms in total. The van der Waals surface area contributed by atoms with Gasteiger partial charge in [-0.3, -0.25) is 9.69 Å². The van der Waals surface area contributed by atoms with Gasteiger partial charge in [-0.25, -0.2) is 0 Å². The second-order valence-corrected chi connectivity index (χ2v) is 9.08. The zero-order valence-corrected chi connectivity index (χ0v) is 18.4. The van der Waals surface area contributed by atoms with Crippen molar-refractivity contribution in [1.29, 1.82) is 0 Å². The summed E-state index contributed by atoms with van der Waals surface area (Å²) in [4.78, 5) is 15.4. The lowest BCUT2D eigenvalue weighted by atomic mass is 9.92. The first-order valence-electron chi connectivity index (χ1n) is 11.4. The highest BCUT2D eigenvalue weighted by atomic mass is 16.5. The van der Waals surface area contributed by atoms with Gasteiger partial charge in [0.25, 0.3) is 5.91 Å². The maximum atomic E-state index is 12.9. The Morgan fingerprint density at radius 2 is 1.76 bits per heavy atom. The number of carbonyl (C=O) groups is 1. The Morgan fingerprint density at radius 1 is 1.10 bits per heavy atom. The molecule has 1 saturated heterocycles. The van der Waals surface area contributed by atoms with E-state index in [4.69, 9.17) is 9.47 Å². The summed E-state index contributed by atoms with van der Waals surface area (Å²) in [5.74, 6) is 2.38. The lowest BCUT2D eigenvalue weighted by Crippen LogP contribution is -2.43. The monoisotopic (exact) mass is 402 g/mol. The van der Waals surface area contributed by atoms with Crippen LogP contribution in [0.5, 0.6) is 5.75 Å². The molecule has 1 aliphatic heterocycles. The third-order valence-electron chi connectivity index (χ3n) is 6.14. The Hall–Kier alpha value is -1.59. The summed E-state index contributed by atoms with van der Waals surface area (Å²) < 4.78 is 11.9. The molecule has 0 radical (unpaired) electrons. The number of likely N-dealkylation sites (tertiary alicyclic amines) is 1. The van der Waals surface area contributed by atoms with Gasteiger partial charge in [-0.05, 0) is 74.6 Å². The van der Waals surface area contributed by atoms with Crippen molar-refractivity contribution in [2.24, 2.45) is 11.8 Å². The standard InChI is InChI=1S/C24H38N2O3/c1-4-14-29-24(11-5-6-12-24)23(27)25-21-7-9-22(10-8-21)28-15-13-26-17-19(2)16-20(3)18-26/h7-10,19-20H,4-6,11-18H2,1-3H3,(H,25,27). The van der Waals surface area contributed by atoms with Crippen LogP contribution in [0.4, 0.5) is 5.69 Å². The van der Waals surface area contributed by atoms with Crippen molar-refractivity contribution >= 4 is 11.6 Å². The third kappa shape index (κ3) is 6.19. The lowest BCUT2D eigenvalue weighted by Gasteiger charge is -2.34. The molecule has 2 aliphatic rings. The van der Waals surface area contributed by atoms with Crippen molar-refractivity contribution in [1.82, 2.24) is 4.90 Å². The molecule has 2 fully saturated rings. The molecule has 0 bridgehead atoms. The van der Waals surface area contributed by atoms with E-state index < -0.39 is 5.60 Å². The number of rotatable bonds is 9. The molecule has 1 heterocycles. The summed E-state index contributed by atoms with van der Waals surface area (Å²) >= 11 is 0. The van der Waals surface area contributed by atoms with Crippen LogP contribution >= 0.6 is 0 Å². The van der Waals surface area contributed by atoms with Crippen LogP contribution in [-0.4, -0.2) is 49.3 Å². The number of amides is 1.